The molecule has 1 aromatic carbocycles. The Labute approximate surface area is 103 Å². The number of carboxylic acids is 1. The minimum Gasteiger partial charge on any atom is -0.478 e. The van der Waals surface area contributed by atoms with Crippen LogP contribution in [-0.4, -0.2) is 26.1 Å². The number of aryl methyl sites for hydroxylation is 1. The molecule has 1 aromatic heterocycles. The number of carbonyl (C=O) groups is 1. The summed E-state index contributed by atoms with van der Waals surface area (Å²) < 4.78 is 14.7. The number of carboxylic acid groups (broad SMARTS) is 1. The van der Waals surface area contributed by atoms with Gasteiger partial charge < -0.3 is 5.11 Å². The fourth-order valence-corrected chi connectivity index (χ4v) is 1.63. The van der Waals surface area contributed by atoms with E-state index in [9.17, 15) is 9.18 Å². The Morgan fingerprint density at radius 3 is 2.89 bits per heavy atom. The van der Waals surface area contributed by atoms with Crippen LogP contribution in [0.15, 0.2) is 24.4 Å². The van der Waals surface area contributed by atoms with Gasteiger partial charge in [-0.3, -0.25) is 0 Å². The quantitative estimate of drug-likeness (QED) is 0.900. The summed E-state index contributed by atoms with van der Waals surface area (Å²) in [6, 6.07) is 3.54. The van der Waals surface area contributed by atoms with Crippen molar-refractivity contribution < 1.29 is 14.3 Å². The van der Waals surface area contributed by atoms with Crippen LogP contribution < -0.4 is 0 Å². The predicted octanol–water partition coefficient (Wildman–Crippen LogP) is 2.06. The van der Waals surface area contributed by atoms with Gasteiger partial charge in [0.15, 0.2) is 0 Å². The van der Waals surface area contributed by atoms with E-state index < -0.39 is 11.8 Å². The SMILES string of the molecule is CCCc1cn(-c2cc(F)cc(C(=O)O)c2)nn1. The Morgan fingerprint density at radius 1 is 1.44 bits per heavy atom. The normalized spacial score (nSPS) is 10.6. The molecule has 0 fully saturated rings. The summed E-state index contributed by atoms with van der Waals surface area (Å²) in [6.07, 6.45) is 3.38. The van der Waals surface area contributed by atoms with E-state index in [2.05, 4.69) is 10.3 Å². The lowest BCUT2D eigenvalue weighted by Crippen LogP contribution is -2.02. The second-order valence-corrected chi connectivity index (χ2v) is 3.91. The minimum absolute atomic E-state index is 0.113. The fraction of sp³-hybridized carbons (Fsp3) is 0.250. The summed E-state index contributed by atoms with van der Waals surface area (Å²) in [6.45, 7) is 2.02. The smallest absolute Gasteiger partial charge is 0.335 e. The Kier molecular flexibility index (Phi) is 3.36. The molecule has 0 saturated carbocycles. The molecule has 1 N–H and O–H groups in total. The maximum Gasteiger partial charge on any atom is 0.335 e. The summed E-state index contributed by atoms with van der Waals surface area (Å²) >= 11 is 0. The van der Waals surface area contributed by atoms with Gasteiger partial charge in [0.2, 0.25) is 0 Å². The summed E-state index contributed by atoms with van der Waals surface area (Å²) in [5.41, 5.74) is 1.03. The molecule has 0 bridgehead atoms. The van der Waals surface area contributed by atoms with Crippen LogP contribution in [0, 0.1) is 5.82 Å². The van der Waals surface area contributed by atoms with Gasteiger partial charge >= 0.3 is 5.97 Å². The van der Waals surface area contributed by atoms with Crippen molar-refractivity contribution in [2.75, 3.05) is 0 Å². The zero-order valence-electron chi connectivity index (χ0n) is 9.80. The van der Waals surface area contributed by atoms with Crippen LogP contribution in [-0.2, 0) is 6.42 Å². The van der Waals surface area contributed by atoms with Crippen molar-refractivity contribution in [1.82, 2.24) is 15.0 Å². The molecule has 0 radical (unpaired) electrons. The molecule has 94 valence electrons. The number of nitrogens with zero attached hydrogens (tertiary/aromatic N) is 3. The molecule has 0 aliphatic heterocycles. The van der Waals surface area contributed by atoms with E-state index in [0.29, 0.717) is 5.69 Å². The zero-order valence-corrected chi connectivity index (χ0v) is 9.80. The highest BCUT2D eigenvalue weighted by Crippen LogP contribution is 2.13. The van der Waals surface area contributed by atoms with Crippen molar-refractivity contribution in [2.24, 2.45) is 0 Å². The molecule has 0 amide bonds. The Bertz CT molecular complexity index is 580. The van der Waals surface area contributed by atoms with E-state index >= 15 is 0 Å². The number of hydrogen-bond acceptors (Lipinski definition) is 3. The maximum absolute atomic E-state index is 13.3. The second-order valence-electron chi connectivity index (χ2n) is 3.91. The van der Waals surface area contributed by atoms with E-state index in [1.807, 2.05) is 6.92 Å². The third-order valence-electron chi connectivity index (χ3n) is 2.44. The maximum atomic E-state index is 13.3. The van der Waals surface area contributed by atoms with E-state index in [1.165, 1.54) is 16.8 Å². The van der Waals surface area contributed by atoms with Crippen LogP contribution in [0.3, 0.4) is 0 Å². The van der Waals surface area contributed by atoms with Gasteiger partial charge in [-0.25, -0.2) is 13.9 Å². The molecule has 0 unspecified atom stereocenters. The average molecular weight is 249 g/mol. The van der Waals surface area contributed by atoms with Crippen LogP contribution in [0.4, 0.5) is 4.39 Å². The Morgan fingerprint density at radius 2 is 2.22 bits per heavy atom. The van der Waals surface area contributed by atoms with Gasteiger partial charge in [-0.1, -0.05) is 18.6 Å². The fourth-order valence-electron chi connectivity index (χ4n) is 1.63. The highest BCUT2D eigenvalue weighted by atomic mass is 19.1. The monoisotopic (exact) mass is 249 g/mol. The van der Waals surface area contributed by atoms with E-state index in [0.717, 1.165) is 24.6 Å². The molecule has 0 aliphatic rings. The third kappa shape index (κ3) is 2.53. The zero-order chi connectivity index (χ0) is 13.1. The molecular weight excluding hydrogens is 237 g/mol. The molecular formula is C12H12FN3O2. The lowest BCUT2D eigenvalue weighted by atomic mass is 10.2. The van der Waals surface area contributed by atoms with Crippen LogP contribution in [0.1, 0.15) is 29.4 Å². The second kappa shape index (κ2) is 4.95. The minimum atomic E-state index is -1.18. The lowest BCUT2D eigenvalue weighted by molar-refractivity contribution is 0.0696. The largest absolute Gasteiger partial charge is 0.478 e. The Balaban J connectivity index is 2.39. The first-order valence-electron chi connectivity index (χ1n) is 5.55. The summed E-state index contributed by atoms with van der Waals surface area (Å²) in [4.78, 5) is 10.8. The first kappa shape index (κ1) is 12.2. The molecule has 6 heteroatoms. The van der Waals surface area contributed by atoms with Crippen molar-refractivity contribution in [1.29, 1.82) is 0 Å². The molecule has 1 heterocycles. The van der Waals surface area contributed by atoms with Crippen LogP contribution in [0.5, 0.6) is 0 Å². The number of aromatic nitrogens is 3. The van der Waals surface area contributed by atoms with Crippen LogP contribution in [0.2, 0.25) is 0 Å². The molecule has 2 rings (SSSR count). The van der Waals surface area contributed by atoms with Gasteiger partial charge in [0.05, 0.1) is 23.1 Å². The van der Waals surface area contributed by atoms with Gasteiger partial charge in [-0.05, 0) is 24.6 Å². The summed E-state index contributed by atoms with van der Waals surface area (Å²) in [5.74, 6) is -1.79. The summed E-state index contributed by atoms with van der Waals surface area (Å²) in [5, 5.41) is 16.6. The molecule has 2 aromatic rings. The molecule has 0 aliphatic carbocycles. The van der Waals surface area contributed by atoms with Gasteiger partial charge in [-0.2, -0.15) is 0 Å². The third-order valence-corrected chi connectivity index (χ3v) is 2.44. The molecule has 0 atom stereocenters. The van der Waals surface area contributed by atoms with E-state index in [-0.39, 0.29) is 5.56 Å². The van der Waals surface area contributed by atoms with Crippen LogP contribution in [0.25, 0.3) is 5.69 Å². The van der Waals surface area contributed by atoms with Gasteiger partial charge in [0, 0.05) is 0 Å². The number of halogens is 1. The van der Waals surface area contributed by atoms with Gasteiger partial charge in [-0.15, -0.1) is 5.10 Å². The first-order chi connectivity index (χ1) is 8.60. The van der Waals surface area contributed by atoms with E-state index in [1.54, 1.807) is 6.20 Å². The molecule has 0 saturated heterocycles. The number of hydrogen-bond donors (Lipinski definition) is 1. The van der Waals surface area contributed by atoms with Gasteiger partial charge in [0.1, 0.15) is 5.82 Å². The number of aromatic carboxylic acids is 1. The number of benzene rings is 1. The lowest BCUT2D eigenvalue weighted by Gasteiger charge is -2.02. The number of rotatable bonds is 4. The van der Waals surface area contributed by atoms with Crippen molar-refractivity contribution >= 4 is 5.97 Å². The average Bonchev–Trinajstić information content (AvgIpc) is 2.77. The Hall–Kier alpha value is -2.24. The standard InChI is InChI=1S/C12H12FN3O2/c1-2-3-10-7-16(15-14-10)11-5-8(12(17)18)4-9(13)6-11/h4-7H,2-3H2,1H3,(H,17,18). The topological polar surface area (TPSA) is 68.0 Å². The first-order valence-corrected chi connectivity index (χ1v) is 5.55. The highest BCUT2D eigenvalue weighted by molar-refractivity contribution is 5.88. The molecule has 5 nitrogen and oxygen atoms in total. The predicted molar refractivity (Wildman–Crippen MR) is 62.3 cm³/mol. The van der Waals surface area contributed by atoms with Crippen molar-refractivity contribution in [2.45, 2.75) is 19.8 Å². The van der Waals surface area contributed by atoms with Crippen molar-refractivity contribution in [3.8, 4) is 5.69 Å². The molecule has 0 spiro atoms. The van der Waals surface area contributed by atoms with Crippen molar-refractivity contribution in [3.63, 3.8) is 0 Å². The van der Waals surface area contributed by atoms with E-state index in [4.69, 9.17) is 5.11 Å². The molecule has 18 heavy (non-hydrogen) atoms. The van der Waals surface area contributed by atoms with Gasteiger partial charge in [0.25, 0.3) is 0 Å². The highest BCUT2D eigenvalue weighted by Gasteiger charge is 2.09. The summed E-state index contributed by atoms with van der Waals surface area (Å²) in [7, 11) is 0. The van der Waals surface area contributed by atoms with Crippen molar-refractivity contribution in [3.05, 3.63) is 41.5 Å². The van der Waals surface area contributed by atoms with Crippen LogP contribution >= 0.6 is 0 Å².